The zero-order chi connectivity index (χ0) is 21.0. The molecule has 0 N–H and O–H groups in total. The molecule has 30 heavy (non-hydrogen) atoms. The molecule has 3 aromatic carbocycles. The van der Waals surface area contributed by atoms with E-state index < -0.39 is 0 Å². The van der Waals surface area contributed by atoms with E-state index in [0.29, 0.717) is 0 Å². The van der Waals surface area contributed by atoms with Crippen molar-refractivity contribution >= 4 is 18.0 Å². The molecule has 0 aromatic heterocycles. The van der Waals surface area contributed by atoms with Crippen molar-refractivity contribution in [1.82, 2.24) is 4.90 Å². The standard InChI is InChI=1S/C28H33N.ClH/c1-21(2)25-17-22(3)16-24(18-25)20-29(6)19-23-12-14-27(15-13-23)28(4,5)26-10-8-7-9-11-26;/h7-18H,1,19-20H2,2-6H3;1H. The van der Waals surface area contributed by atoms with Crippen LogP contribution < -0.4 is 0 Å². The van der Waals surface area contributed by atoms with Crippen LogP contribution in [0, 0.1) is 6.92 Å². The number of halogens is 1. The summed E-state index contributed by atoms with van der Waals surface area (Å²) in [5, 5.41) is 0. The molecule has 0 unspecified atom stereocenters. The van der Waals surface area contributed by atoms with Gasteiger partial charge in [-0.2, -0.15) is 0 Å². The summed E-state index contributed by atoms with van der Waals surface area (Å²) in [6.45, 7) is 14.8. The third-order valence-corrected chi connectivity index (χ3v) is 5.71. The Balaban J connectivity index is 0.00000320. The molecule has 158 valence electrons. The van der Waals surface area contributed by atoms with Gasteiger partial charge in [0, 0.05) is 18.5 Å². The quantitative estimate of drug-likeness (QED) is 0.385. The predicted octanol–water partition coefficient (Wildman–Crippen LogP) is 7.41. The van der Waals surface area contributed by atoms with Gasteiger partial charge in [-0.3, -0.25) is 4.90 Å². The average molecular weight is 420 g/mol. The second kappa shape index (κ2) is 10.1. The van der Waals surface area contributed by atoms with Gasteiger partial charge in [-0.25, -0.2) is 0 Å². The minimum absolute atomic E-state index is 0. The first-order valence-electron chi connectivity index (χ1n) is 10.4. The average Bonchev–Trinajstić information content (AvgIpc) is 2.68. The Morgan fingerprint density at radius 2 is 1.40 bits per heavy atom. The van der Waals surface area contributed by atoms with E-state index in [1.807, 2.05) is 0 Å². The molecule has 0 atom stereocenters. The van der Waals surface area contributed by atoms with Crippen molar-refractivity contribution in [3.63, 3.8) is 0 Å². The van der Waals surface area contributed by atoms with Crippen molar-refractivity contribution in [3.05, 3.63) is 113 Å². The minimum Gasteiger partial charge on any atom is -0.298 e. The van der Waals surface area contributed by atoms with Crippen LogP contribution in [0.15, 0.2) is 79.4 Å². The highest BCUT2D eigenvalue weighted by molar-refractivity contribution is 5.85. The first-order chi connectivity index (χ1) is 13.8. The summed E-state index contributed by atoms with van der Waals surface area (Å²) < 4.78 is 0. The monoisotopic (exact) mass is 419 g/mol. The van der Waals surface area contributed by atoms with Crippen LogP contribution in [0.25, 0.3) is 5.57 Å². The molecular formula is C28H34ClN. The summed E-state index contributed by atoms with van der Waals surface area (Å²) >= 11 is 0. The fourth-order valence-corrected chi connectivity index (χ4v) is 3.93. The van der Waals surface area contributed by atoms with Crippen molar-refractivity contribution < 1.29 is 0 Å². The Bertz CT molecular complexity index is 971. The molecule has 3 rings (SSSR count). The smallest absolute Gasteiger partial charge is 0.0234 e. The second-order valence-corrected chi connectivity index (χ2v) is 8.85. The maximum atomic E-state index is 4.09. The Kier molecular flexibility index (Phi) is 8.06. The van der Waals surface area contributed by atoms with E-state index in [4.69, 9.17) is 0 Å². The summed E-state index contributed by atoms with van der Waals surface area (Å²) in [5.74, 6) is 0. The minimum atomic E-state index is 0. The van der Waals surface area contributed by atoms with Crippen LogP contribution in [0.5, 0.6) is 0 Å². The van der Waals surface area contributed by atoms with E-state index >= 15 is 0 Å². The van der Waals surface area contributed by atoms with Gasteiger partial charge in [0.1, 0.15) is 0 Å². The highest BCUT2D eigenvalue weighted by Gasteiger charge is 2.22. The van der Waals surface area contributed by atoms with E-state index in [0.717, 1.165) is 18.7 Å². The number of aryl methyl sites for hydroxylation is 1. The number of hydrogen-bond acceptors (Lipinski definition) is 1. The van der Waals surface area contributed by atoms with E-state index in [-0.39, 0.29) is 17.8 Å². The van der Waals surface area contributed by atoms with Crippen molar-refractivity contribution in [1.29, 1.82) is 0 Å². The van der Waals surface area contributed by atoms with Gasteiger partial charge in [0.15, 0.2) is 0 Å². The van der Waals surface area contributed by atoms with Gasteiger partial charge in [-0.05, 0) is 48.7 Å². The molecule has 0 aliphatic carbocycles. The van der Waals surface area contributed by atoms with Crippen LogP contribution >= 0.6 is 12.4 Å². The zero-order valence-corrected chi connectivity index (χ0v) is 19.7. The Morgan fingerprint density at radius 3 is 2.00 bits per heavy atom. The number of benzene rings is 3. The molecule has 0 aliphatic heterocycles. The molecule has 0 spiro atoms. The third kappa shape index (κ3) is 5.84. The molecule has 0 radical (unpaired) electrons. The van der Waals surface area contributed by atoms with E-state index in [2.05, 4.69) is 119 Å². The summed E-state index contributed by atoms with van der Waals surface area (Å²) in [6.07, 6.45) is 0. The van der Waals surface area contributed by atoms with Crippen LogP contribution in [0.4, 0.5) is 0 Å². The Hall–Kier alpha value is -2.35. The van der Waals surface area contributed by atoms with Gasteiger partial charge in [0.25, 0.3) is 0 Å². The highest BCUT2D eigenvalue weighted by atomic mass is 35.5. The molecule has 0 heterocycles. The third-order valence-electron chi connectivity index (χ3n) is 5.71. The number of rotatable bonds is 7. The lowest BCUT2D eigenvalue weighted by Crippen LogP contribution is -2.20. The molecule has 3 aromatic rings. The van der Waals surface area contributed by atoms with Gasteiger partial charge >= 0.3 is 0 Å². The molecule has 0 saturated carbocycles. The van der Waals surface area contributed by atoms with Crippen molar-refractivity contribution in [2.75, 3.05) is 7.05 Å². The van der Waals surface area contributed by atoms with Crippen LogP contribution in [0.3, 0.4) is 0 Å². The lowest BCUT2D eigenvalue weighted by Gasteiger charge is -2.26. The van der Waals surface area contributed by atoms with E-state index in [1.165, 1.54) is 33.4 Å². The Morgan fingerprint density at radius 1 is 0.833 bits per heavy atom. The van der Waals surface area contributed by atoms with Crippen LogP contribution in [0.1, 0.15) is 54.2 Å². The first-order valence-corrected chi connectivity index (χ1v) is 10.4. The summed E-state index contributed by atoms with van der Waals surface area (Å²) in [7, 11) is 2.19. The molecular weight excluding hydrogens is 386 g/mol. The van der Waals surface area contributed by atoms with Crippen LogP contribution in [-0.2, 0) is 18.5 Å². The summed E-state index contributed by atoms with van der Waals surface area (Å²) in [6, 6.07) is 26.6. The largest absolute Gasteiger partial charge is 0.298 e. The lowest BCUT2D eigenvalue weighted by atomic mass is 9.78. The number of hydrogen-bond donors (Lipinski definition) is 0. The zero-order valence-electron chi connectivity index (χ0n) is 18.9. The van der Waals surface area contributed by atoms with Crippen molar-refractivity contribution in [2.24, 2.45) is 0 Å². The molecule has 0 aliphatic rings. The highest BCUT2D eigenvalue weighted by Crippen LogP contribution is 2.31. The SMILES string of the molecule is C=C(C)c1cc(C)cc(CN(C)Cc2ccc(C(C)(C)c3ccccc3)cc2)c1.Cl. The first kappa shape index (κ1) is 23.9. The number of allylic oxidation sites excluding steroid dienone is 1. The normalized spacial score (nSPS) is 11.3. The molecule has 0 saturated heterocycles. The maximum Gasteiger partial charge on any atom is 0.0234 e. The second-order valence-electron chi connectivity index (χ2n) is 8.85. The van der Waals surface area contributed by atoms with Gasteiger partial charge in [-0.15, -0.1) is 12.4 Å². The van der Waals surface area contributed by atoms with Gasteiger partial charge < -0.3 is 0 Å². The number of nitrogens with zero attached hydrogens (tertiary/aromatic N) is 1. The fourth-order valence-electron chi connectivity index (χ4n) is 3.93. The summed E-state index contributed by atoms with van der Waals surface area (Å²) in [5.41, 5.74) is 9.03. The van der Waals surface area contributed by atoms with Crippen molar-refractivity contribution in [3.8, 4) is 0 Å². The maximum absolute atomic E-state index is 4.09. The van der Waals surface area contributed by atoms with Gasteiger partial charge in [0.2, 0.25) is 0 Å². The van der Waals surface area contributed by atoms with E-state index in [9.17, 15) is 0 Å². The van der Waals surface area contributed by atoms with Crippen LogP contribution in [0.2, 0.25) is 0 Å². The van der Waals surface area contributed by atoms with Gasteiger partial charge in [0.05, 0.1) is 0 Å². The van der Waals surface area contributed by atoms with Gasteiger partial charge in [-0.1, -0.05) is 104 Å². The summed E-state index contributed by atoms with van der Waals surface area (Å²) in [4.78, 5) is 2.37. The molecule has 1 nitrogen and oxygen atoms in total. The molecule has 0 bridgehead atoms. The molecule has 2 heteroatoms. The lowest BCUT2D eigenvalue weighted by molar-refractivity contribution is 0.319. The van der Waals surface area contributed by atoms with Crippen LogP contribution in [-0.4, -0.2) is 11.9 Å². The predicted molar refractivity (Wildman–Crippen MR) is 133 cm³/mol. The molecule has 0 amide bonds. The van der Waals surface area contributed by atoms with E-state index in [1.54, 1.807) is 0 Å². The fraction of sp³-hybridized carbons (Fsp3) is 0.286. The Labute approximate surface area is 188 Å². The molecule has 0 fully saturated rings. The van der Waals surface area contributed by atoms with Crippen molar-refractivity contribution in [2.45, 2.75) is 46.2 Å². The topological polar surface area (TPSA) is 3.24 Å².